The average molecular weight is 312 g/mol. The highest BCUT2D eigenvalue weighted by atomic mass is 16.5. The Labute approximate surface area is 137 Å². The first-order chi connectivity index (χ1) is 11.1. The number of nitrogens with zero attached hydrogens (tertiary/aromatic N) is 4. The Kier molecular flexibility index (Phi) is 4.74. The monoisotopic (exact) mass is 312 g/mol. The minimum absolute atomic E-state index is 0.589. The third-order valence-electron chi connectivity index (χ3n) is 4.22. The largest absolute Gasteiger partial charge is 0.493 e. The summed E-state index contributed by atoms with van der Waals surface area (Å²) in [6, 6.07) is 5.92. The van der Waals surface area contributed by atoms with Crippen molar-refractivity contribution in [1.29, 1.82) is 0 Å². The number of hydrogen-bond acceptors (Lipinski definition) is 5. The number of anilines is 1. The third kappa shape index (κ3) is 4.18. The first kappa shape index (κ1) is 15.7. The van der Waals surface area contributed by atoms with Gasteiger partial charge in [-0.05, 0) is 51.7 Å². The van der Waals surface area contributed by atoms with Crippen molar-refractivity contribution in [2.75, 3.05) is 24.6 Å². The lowest BCUT2D eigenvalue weighted by Gasteiger charge is -2.32. The van der Waals surface area contributed by atoms with Gasteiger partial charge in [-0.2, -0.15) is 0 Å². The van der Waals surface area contributed by atoms with E-state index in [1.807, 2.05) is 39.0 Å². The average Bonchev–Trinajstić information content (AvgIpc) is 2.53. The Bertz CT molecular complexity index is 646. The molecule has 1 aliphatic rings. The van der Waals surface area contributed by atoms with Crippen LogP contribution in [0.15, 0.2) is 24.4 Å². The Morgan fingerprint density at radius 1 is 1.04 bits per heavy atom. The van der Waals surface area contributed by atoms with Crippen LogP contribution in [-0.4, -0.2) is 34.6 Å². The lowest BCUT2D eigenvalue weighted by molar-refractivity contribution is 0.222. The first-order valence-corrected chi connectivity index (χ1v) is 8.23. The molecule has 0 aliphatic carbocycles. The SMILES string of the molecule is Cc1cc(OCC2CCN(c3nc(C)cc(C)n3)CC2)ccn1. The molecule has 2 aromatic rings. The zero-order valence-electron chi connectivity index (χ0n) is 14.1. The summed E-state index contributed by atoms with van der Waals surface area (Å²) in [6.07, 6.45) is 4.02. The summed E-state index contributed by atoms with van der Waals surface area (Å²) in [5, 5.41) is 0. The summed E-state index contributed by atoms with van der Waals surface area (Å²) in [5.41, 5.74) is 3.06. The quantitative estimate of drug-likeness (QED) is 0.868. The molecule has 0 atom stereocenters. The van der Waals surface area contributed by atoms with Crippen LogP contribution in [0.2, 0.25) is 0 Å². The summed E-state index contributed by atoms with van der Waals surface area (Å²) in [5.74, 6) is 2.37. The van der Waals surface area contributed by atoms with Gasteiger partial charge in [0.25, 0.3) is 0 Å². The maximum atomic E-state index is 5.92. The number of aryl methyl sites for hydroxylation is 3. The maximum absolute atomic E-state index is 5.92. The smallest absolute Gasteiger partial charge is 0.225 e. The molecule has 1 fully saturated rings. The second-order valence-corrected chi connectivity index (χ2v) is 6.33. The van der Waals surface area contributed by atoms with Crippen molar-refractivity contribution >= 4 is 5.95 Å². The van der Waals surface area contributed by atoms with E-state index in [4.69, 9.17) is 4.74 Å². The highest BCUT2D eigenvalue weighted by Gasteiger charge is 2.21. The van der Waals surface area contributed by atoms with Crippen molar-refractivity contribution in [3.63, 3.8) is 0 Å². The number of aromatic nitrogens is 3. The van der Waals surface area contributed by atoms with Crippen molar-refractivity contribution < 1.29 is 4.74 Å². The van der Waals surface area contributed by atoms with Crippen molar-refractivity contribution in [2.45, 2.75) is 33.6 Å². The lowest BCUT2D eigenvalue weighted by Crippen LogP contribution is -2.36. The first-order valence-electron chi connectivity index (χ1n) is 8.23. The Balaban J connectivity index is 1.52. The van der Waals surface area contributed by atoms with Gasteiger partial charge in [-0.1, -0.05) is 0 Å². The highest BCUT2D eigenvalue weighted by Crippen LogP contribution is 2.22. The van der Waals surface area contributed by atoms with E-state index in [1.54, 1.807) is 6.20 Å². The summed E-state index contributed by atoms with van der Waals surface area (Å²) in [4.78, 5) is 15.6. The van der Waals surface area contributed by atoms with E-state index in [9.17, 15) is 0 Å². The van der Waals surface area contributed by atoms with Crippen LogP contribution in [0.3, 0.4) is 0 Å². The summed E-state index contributed by atoms with van der Waals surface area (Å²) in [6.45, 7) is 8.78. The van der Waals surface area contributed by atoms with E-state index in [0.29, 0.717) is 5.92 Å². The Morgan fingerprint density at radius 3 is 2.39 bits per heavy atom. The van der Waals surface area contributed by atoms with Crippen LogP contribution < -0.4 is 9.64 Å². The van der Waals surface area contributed by atoms with Gasteiger partial charge in [0.15, 0.2) is 0 Å². The van der Waals surface area contributed by atoms with Gasteiger partial charge in [-0.25, -0.2) is 9.97 Å². The molecule has 2 aromatic heterocycles. The molecule has 23 heavy (non-hydrogen) atoms. The van der Waals surface area contributed by atoms with Crippen molar-refractivity contribution in [2.24, 2.45) is 5.92 Å². The molecular formula is C18H24N4O. The van der Waals surface area contributed by atoms with Crippen molar-refractivity contribution in [1.82, 2.24) is 15.0 Å². The standard InChI is InChI=1S/C18H24N4O/c1-13-11-17(4-7-19-13)23-12-16-5-8-22(9-6-16)18-20-14(2)10-15(3)21-18/h4,7,10-11,16H,5-6,8-9,12H2,1-3H3. The fourth-order valence-corrected chi connectivity index (χ4v) is 2.97. The van der Waals surface area contributed by atoms with E-state index in [0.717, 1.165) is 61.3 Å². The molecule has 5 nitrogen and oxygen atoms in total. The molecule has 1 saturated heterocycles. The van der Waals surface area contributed by atoms with Crippen LogP contribution in [0.1, 0.15) is 29.9 Å². The lowest BCUT2D eigenvalue weighted by atomic mass is 9.98. The van der Waals surface area contributed by atoms with Gasteiger partial charge in [0.2, 0.25) is 5.95 Å². The fourth-order valence-electron chi connectivity index (χ4n) is 2.97. The molecular weight excluding hydrogens is 288 g/mol. The van der Waals surface area contributed by atoms with Gasteiger partial charge < -0.3 is 9.64 Å². The molecule has 0 amide bonds. The van der Waals surface area contributed by atoms with E-state index in [2.05, 4.69) is 19.9 Å². The minimum atomic E-state index is 0.589. The summed E-state index contributed by atoms with van der Waals surface area (Å²) in [7, 11) is 0. The summed E-state index contributed by atoms with van der Waals surface area (Å²) < 4.78 is 5.92. The van der Waals surface area contributed by atoms with E-state index in [1.165, 1.54) is 0 Å². The number of ether oxygens (including phenoxy) is 1. The van der Waals surface area contributed by atoms with E-state index >= 15 is 0 Å². The predicted molar refractivity (Wildman–Crippen MR) is 90.9 cm³/mol. The van der Waals surface area contributed by atoms with Crippen LogP contribution in [-0.2, 0) is 0 Å². The third-order valence-corrected chi connectivity index (χ3v) is 4.22. The molecule has 3 rings (SSSR count). The number of piperidine rings is 1. The minimum Gasteiger partial charge on any atom is -0.493 e. The number of pyridine rings is 1. The Morgan fingerprint density at radius 2 is 1.74 bits per heavy atom. The van der Waals surface area contributed by atoms with Crippen LogP contribution >= 0.6 is 0 Å². The predicted octanol–water partition coefficient (Wildman–Crippen LogP) is 3.09. The fraction of sp³-hybridized carbons (Fsp3) is 0.500. The topological polar surface area (TPSA) is 51.1 Å². The van der Waals surface area contributed by atoms with Crippen molar-refractivity contribution in [3.05, 3.63) is 41.5 Å². The van der Waals surface area contributed by atoms with Crippen LogP contribution in [0.4, 0.5) is 5.95 Å². The van der Waals surface area contributed by atoms with Gasteiger partial charge in [0.05, 0.1) is 6.61 Å². The second kappa shape index (κ2) is 6.94. The molecule has 0 unspecified atom stereocenters. The molecule has 5 heteroatoms. The molecule has 0 aromatic carbocycles. The number of rotatable bonds is 4. The molecule has 0 bridgehead atoms. The molecule has 0 N–H and O–H groups in total. The normalized spacial score (nSPS) is 15.7. The van der Waals surface area contributed by atoms with Gasteiger partial charge in [-0.15, -0.1) is 0 Å². The van der Waals surface area contributed by atoms with E-state index < -0.39 is 0 Å². The van der Waals surface area contributed by atoms with E-state index in [-0.39, 0.29) is 0 Å². The molecule has 0 spiro atoms. The van der Waals surface area contributed by atoms with Crippen LogP contribution in [0.5, 0.6) is 5.75 Å². The van der Waals surface area contributed by atoms with Gasteiger partial charge in [0.1, 0.15) is 5.75 Å². The molecule has 1 aliphatic heterocycles. The Hall–Kier alpha value is -2.17. The molecule has 122 valence electrons. The van der Waals surface area contributed by atoms with Crippen LogP contribution in [0.25, 0.3) is 0 Å². The summed E-state index contributed by atoms with van der Waals surface area (Å²) >= 11 is 0. The zero-order chi connectivity index (χ0) is 16.2. The highest BCUT2D eigenvalue weighted by molar-refractivity contribution is 5.32. The van der Waals surface area contributed by atoms with Gasteiger partial charge >= 0.3 is 0 Å². The number of hydrogen-bond donors (Lipinski definition) is 0. The van der Waals surface area contributed by atoms with Gasteiger partial charge in [-0.3, -0.25) is 4.98 Å². The van der Waals surface area contributed by atoms with Crippen molar-refractivity contribution in [3.8, 4) is 5.75 Å². The molecule has 3 heterocycles. The maximum Gasteiger partial charge on any atom is 0.225 e. The van der Waals surface area contributed by atoms with Crippen LogP contribution in [0, 0.1) is 26.7 Å². The zero-order valence-corrected chi connectivity index (χ0v) is 14.1. The molecule has 0 radical (unpaired) electrons. The second-order valence-electron chi connectivity index (χ2n) is 6.33. The van der Waals surface area contributed by atoms with Gasteiger partial charge in [0, 0.05) is 42.4 Å². The molecule has 0 saturated carbocycles.